The zero-order valence-electron chi connectivity index (χ0n) is 40.3. The summed E-state index contributed by atoms with van der Waals surface area (Å²) in [4.78, 5) is 90.1. The molecule has 2 N–H and O–H groups in total. The van der Waals surface area contributed by atoms with E-state index in [1.165, 1.54) is 0 Å². The number of methoxy groups -OCH3 is 4. The Morgan fingerprint density at radius 2 is 0.786 bits per heavy atom. The molecule has 0 spiro atoms. The van der Waals surface area contributed by atoms with Crippen LogP contribution in [0.5, 0.6) is 0 Å². The molecule has 6 amide bonds. The van der Waals surface area contributed by atoms with Gasteiger partial charge in [0.1, 0.15) is 0 Å². The van der Waals surface area contributed by atoms with Crippen LogP contribution < -0.4 is 10.6 Å². The van der Waals surface area contributed by atoms with Crippen LogP contribution in [-0.2, 0) is 67.6 Å². The lowest BCUT2D eigenvalue weighted by Crippen LogP contribution is -2.38. The first kappa shape index (κ1) is 53.5. The van der Waals surface area contributed by atoms with Crippen LogP contribution in [0.3, 0.4) is 0 Å². The molecule has 2 heterocycles. The predicted molar refractivity (Wildman–Crippen MR) is 265 cm³/mol. The van der Waals surface area contributed by atoms with Gasteiger partial charge in [0, 0.05) is 117 Å². The SMILES string of the molecule is COCCN(CCOC)C(=O)c1cc2c(cc1C(=O)NCCc1ccc(Cl)cc1)CN(C(=O)CCC(=O)N1Cc3cc(C(=O)NCCc4ccc(Cl)cc4)c(C(=O)N(CCOC)CCOC)cc3C1)C2. The van der Waals surface area contributed by atoms with Crippen LogP contribution in [0.1, 0.15) is 87.7 Å². The molecule has 0 saturated carbocycles. The summed E-state index contributed by atoms with van der Waals surface area (Å²) in [6.45, 7) is 3.63. The molecule has 4 aromatic carbocycles. The number of benzene rings is 4. The summed E-state index contributed by atoms with van der Waals surface area (Å²) in [6, 6.07) is 21.5. The number of amides is 6. The molecule has 0 atom stereocenters. The van der Waals surface area contributed by atoms with E-state index in [1.807, 2.05) is 24.3 Å². The number of hydrogen-bond donors (Lipinski definition) is 2. The van der Waals surface area contributed by atoms with E-state index in [0.717, 1.165) is 33.4 Å². The molecule has 0 saturated heterocycles. The van der Waals surface area contributed by atoms with E-state index in [2.05, 4.69) is 10.6 Å². The van der Waals surface area contributed by atoms with E-state index in [1.54, 1.807) is 96.6 Å². The Morgan fingerprint density at radius 3 is 1.09 bits per heavy atom. The Morgan fingerprint density at radius 1 is 0.486 bits per heavy atom. The van der Waals surface area contributed by atoms with Crippen molar-refractivity contribution in [2.45, 2.75) is 51.9 Å². The molecular formula is C52H62Cl2N6O10. The number of halogens is 2. The highest BCUT2D eigenvalue weighted by atomic mass is 35.5. The second-order valence-corrected chi connectivity index (χ2v) is 18.0. The minimum atomic E-state index is -0.423. The number of rotatable bonds is 25. The van der Waals surface area contributed by atoms with Gasteiger partial charge in [0.15, 0.2) is 0 Å². The maximum absolute atomic E-state index is 14.2. The second-order valence-electron chi connectivity index (χ2n) is 17.2. The highest BCUT2D eigenvalue weighted by molar-refractivity contribution is 6.30. The Bertz CT molecular complexity index is 2300. The molecule has 2 aliphatic heterocycles. The molecule has 4 aromatic rings. The molecule has 0 aromatic heterocycles. The maximum atomic E-state index is 14.2. The maximum Gasteiger partial charge on any atom is 0.254 e. The van der Waals surface area contributed by atoms with Gasteiger partial charge in [0.2, 0.25) is 11.8 Å². The van der Waals surface area contributed by atoms with Crippen molar-refractivity contribution in [2.75, 3.05) is 94.1 Å². The Hall–Kier alpha value is -5.88. The van der Waals surface area contributed by atoms with Gasteiger partial charge in [0.25, 0.3) is 23.6 Å². The normalized spacial score (nSPS) is 12.7. The lowest BCUT2D eigenvalue weighted by Gasteiger charge is -2.23. The lowest BCUT2D eigenvalue weighted by molar-refractivity contribution is -0.137. The molecule has 0 aliphatic carbocycles. The number of carbonyl (C=O) groups excluding carboxylic acids is 6. The summed E-state index contributed by atoms with van der Waals surface area (Å²) < 4.78 is 21.1. The van der Waals surface area contributed by atoms with E-state index in [0.29, 0.717) is 36.0 Å². The first-order chi connectivity index (χ1) is 33.8. The molecule has 0 bridgehead atoms. The third-order valence-electron chi connectivity index (χ3n) is 12.4. The molecule has 374 valence electrons. The highest BCUT2D eigenvalue weighted by Crippen LogP contribution is 2.31. The molecule has 18 heteroatoms. The van der Waals surface area contributed by atoms with E-state index in [-0.39, 0.29) is 138 Å². The van der Waals surface area contributed by atoms with Gasteiger partial charge in [-0.25, -0.2) is 0 Å². The van der Waals surface area contributed by atoms with Crippen LogP contribution in [0.15, 0.2) is 72.8 Å². The van der Waals surface area contributed by atoms with Crippen LogP contribution in [0.4, 0.5) is 0 Å². The third kappa shape index (κ3) is 14.4. The average molecular weight is 1000 g/mol. The Balaban J connectivity index is 1.14. The van der Waals surface area contributed by atoms with Crippen molar-refractivity contribution in [3.63, 3.8) is 0 Å². The minimum Gasteiger partial charge on any atom is -0.383 e. The smallest absolute Gasteiger partial charge is 0.254 e. The van der Waals surface area contributed by atoms with Gasteiger partial charge >= 0.3 is 0 Å². The summed E-state index contributed by atoms with van der Waals surface area (Å²) >= 11 is 12.1. The van der Waals surface area contributed by atoms with Crippen molar-refractivity contribution >= 4 is 58.6 Å². The number of ether oxygens (including phenoxy) is 4. The van der Waals surface area contributed by atoms with Crippen molar-refractivity contribution in [3.05, 3.63) is 138 Å². The van der Waals surface area contributed by atoms with Crippen molar-refractivity contribution in [3.8, 4) is 0 Å². The number of fused-ring (bicyclic) bond motifs is 2. The topological polar surface area (TPSA) is 176 Å². The molecule has 0 unspecified atom stereocenters. The van der Waals surface area contributed by atoms with Crippen molar-refractivity contribution < 1.29 is 47.7 Å². The monoisotopic (exact) mass is 1000 g/mol. The van der Waals surface area contributed by atoms with Gasteiger partial charge in [-0.3, -0.25) is 28.8 Å². The molecule has 70 heavy (non-hydrogen) atoms. The van der Waals surface area contributed by atoms with E-state index < -0.39 is 11.8 Å². The van der Waals surface area contributed by atoms with Gasteiger partial charge < -0.3 is 49.2 Å². The lowest BCUT2D eigenvalue weighted by atomic mass is 9.98. The number of hydrogen-bond acceptors (Lipinski definition) is 10. The number of nitrogens with zero attached hydrogens (tertiary/aromatic N) is 4. The predicted octanol–water partition coefficient (Wildman–Crippen LogP) is 5.57. The van der Waals surface area contributed by atoms with Crippen LogP contribution >= 0.6 is 23.2 Å². The fourth-order valence-electron chi connectivity index (χ4n) is 8.42. The largest absolute Gasteiger partial charge is 0.383 e. The first-order valence-electron chi connectivity index (χ1n) is 23.3. The minimum absolute atomic E-state index is 0.0791. The average Bonchev–Trinajstić information content (AvgIpc) is 4.00. The van der Waals surface area contributed by atoms with E-state index in [4.69, 9.17) is 42.1 Å². The van der Waals surface area contributed by atoms with Crippen LogP contribution in [0, 0.1) is 0 Å². The van der Waals surface area contributed by atoms with Gasteiger partial charge in [-0.2, -0.15) is 0 Å². The second kappa shape index (κ2) is 26.4. The fraction of sp³-hybridized carbons (Fsp3) is 0.423. The first-order valence-corrected chi connectivity index (χ1v) is 24.1. The van der Waals surface area contributed by atoms with Crippen molar-refractivity contribution in [1.29, 1.82) is 0 Å². The van der Waals surface area contributed by atoms with Gasteiger partial charge in [0.05, 0.1) is 48.7 Å². The van der Waals surface area contributed by atoms with Crippen molar-refractivity contribution in [1.82, 2.24) is 30.2 Å². The van der Waals surface area contributed by atoms with Gasteiger partial charge in [-0.05, 0) is 94.8 Å². The Kier molecular flexibility index (Phi) is 20.1. The molecule has 6 rings (SSSR count). The number of nitrogens with one attached hydrogen (secondary N) is 2. The molecular weight excluding hydrogens is 940 g/mol. The molecule has 2 aliphatic rings. The third-order valence-corrected chi connectivity index (χ3v) is 12.9. The molecule has 0 radical (unpaired) electrons. The molecule has 16 nitrogen and oxygen atoms in total. The summed E-state index contributed by atoms with van der Waals surface area (Å²) in [6.07, 6.45) is 0.933. The summed E-state index contributed by atoms with van der Waals surface area (Å²) in [5, 5.41) is 7.15. The van der Waals surface area contributed by atoms with E-state index in [9.17, 15) is 28.8 Å². The quantitative estimate of drug-likeness (QED) is 0.0854. The molecule has 0 fully saturated rings. The summed E-state index contributed by atoms with van der Waals surface area (Å²) in [7, 11) is 6.19. The van der Waals surface area contributed by atoms with Gasteiger partial charge in [-0.1, -0.05) is 47.5 Å². The zero-order valence-corrected chi connectivity index (χ0v) is 41.8. The number of carbonyl (C=O) groups is 6. The Labute approximate surface area is 419 Å². The van der Waals surface area contributed by atoms with Crippen molar-refractivity contribution in [2.24, 2.45) is 0 Å². The summed E-state index contributed by atoms with van der Waals surface area (Å²) in [5.41, 5.74) is 5.68. The highest BCUT2D eigenvalue weighted by Gasteiger charge is 2.32. The van der Waals surface area contributed by atoms with Gasteiger partial charge in [-0.15, -0.1) is 0 Å². The standard InChI is InChI=1S/C52H62Cl2N6O10/c1-67-23-19-57(20-24-68-2)51(65)45-29-39-33-59(31-37(39)27-43(45)49(63)55-17-15-35-5-9-41(53)10-6-35)47(61)13-14-48(62)60-32-38-28-44(50(64)56-18-16-36-7-11-42(54)12-8-36)46(30-40(38)34-60)52(66)58(21-25-69-3)22-26-70-4/h5-12,27-30H,13-26,31-34H2,1-4H3,(H,55,63)(H,56,64). The van der Waals surface area contributed by atoms with Crippen LogP contribution in [0.25, 0.3) is 0 Å². The van der Waals surface area contributed by atoms with E-state index >= 15 is 0 Å². The summed E-state index contributed by atoms with van der Waals surface area (Å²) in [5.74, 6) is -2.10. The van der Waals surface area contributed by atoms with Crippen LogP contribution in [-0.4, -0.2) is 149 Å². The fourth-order valence-corrected chi connectivity index (χ4v) is 8.68. The zero-order chi connectivity index (χ0) is 50.2. The van der Waals surface area contributed by atoms with Crippen LogP contribution in [0.2, 0.25) is 10.0 Å².